The van der Waals surface area contributed by atoms with Crippen LogP contribution in [0.4, 0.5) is 0 Å². The number of rotatable bonds is 3. The molecule has 1 amide bonds. The molecule has 0 bridgehead atoms. The van der Waals surface area contributed by atoms with Gasteiger partial charge >= 0.3 is 0 Å². The molecule has 0 unspecified atom stereocenters. The maximum absolute atomic E-state index is 12.4. The lowest BCUT2D eigenvalue weighted by atomic mass is 10.2. The van der Waals surface area contributed by atoms with Gasteiger partial charge < -0.3 is 9.64 Å². The van der Waals surface area contributed by atoms with Gasteiger partial charge in [0.05, 0.1) is 11.4 Å². The van der Waals surface area contributed by atoms with Gasteiger partial charge in [-0.05, 0) is 26.2 Å². The Balaban J connectivity index is 1.53. The molecule has 1 aromatic heterocycles. The molecule has 120 valence electrons. The van der Waals surface area contributed by atoms with Crippen molar-refractivity contribution in [3.05, 3.63) is 23.8 Å². The summed E-state index contributed by atoms with van der Waals surface area (Å²) >= 11 is 0. The molecular formula is C16H24N4O2. The van der Waals surface area contributed by atoms with Crippen LogP contribution in [-0.4, -0.2) is 64.6 Å². The predicted octanol–water partition coefficient (Wildman–Crippen LogP) is 0.998. The molecule has 2 aliphatic rings. The first-order chi connectivity index (χ1) is 10.7. The van der Waals surface area contributed by atoms with Crippen LogP contribution in [0.15, 0.2) is 12.4 Å². The summed E-state index contributed by atoms with van der Waals surface area (Å²) in [6.07, 6.45) is 6.32. The van der Waals surface area contributed by atoms with E-state index in [4.69, 9.17) is 4.74 Å². The third-order valence-electron chi connectivity index (χ3n) is 4.33. The molecule has 0 radical (unpaired) electrons. The van der Waals surface area contributed by atoms with Crippen molar-refractivity contribution in [2.45, 2.75) is 38.8 Å². The maximum Gasteiger partial charge on any atom is 0.251 e. The Morgan fingerprint density at radius 2 is 2.14 bits per heavy atom. The van der Waals surface area contributed by atoms with Gasteiger partial charge in [-0.1, -0.05) is 0 Å². The highest BCUT2D eigenvalue weighted by atomic mass is 16.5. The molecule has 0 N–H and O–H groups in total. The molecule has 6 heteroatoms. The minimum Gasteiger partial charge on any atom is -0.368 e. The summed E-state index contributed by atoms with van der Waals surface area (Å²) in [7, 11) is 0. The van der Waals surface area contributed by atoms with Gasteiger partial charge in [-0.2, -0.15) is 0 Å². The molecule has 2 fully saturated rings. The third kappa shape index (κ3) is 3.81. The maximum atomic E-state index is 12.4. The Labute approximate surface area is 131 Å². The van der Waals surface area contributed by atoms with Gasteiger partial charge in [0.25, 0.3) is 5.91 Å². The molecule has 22 heavy (non-hydrogen) atoms. The summed E-state index contributed by atoms with van der Waals surface area (Å²) in [6.45, 7) is 6.95. The molecule has 2 saturated heterocycles. The number of hydrogen-bond acceptors (Lipinski definition) is 5. The highest BCUT2D eigenvalue weighted by Gasteiger charge is 2.29. The van der Waals surface area contributed by atoms with E-state index in [0.29, 0.717) is 0 Å². The van der Waals surface area contributed by atoms with Gasteiger partial charge in [-0.15, -0.1) is 0 Å². The van der Waals surface area contributed by atoms with Crippen LogP contribution in [0.2, 0.25) is 0 Å². The Morgan fingerprint density at radius 1 is 1.23 bits per heavy atom. The van der Waals surface area contributed by atoms with Gasteiger partial charge in [-0.25, -0.2) is 0 Å². The molecule has 3 rings (SSSR count). The largest absolute Gasteiger partial charge is 0.368 e. The van der Waals surface area contributed by atoms with E-state index in [1.165, 1.54) is 0 Å². The molecule has 1 atom stereocenters. The number of nitrogens with zero attached hydrogens (tertiary/aromatic N) is 4. The Hall–Kier alpha value is -1.53. The minimum absolute atomic E-state index is 0.175. The lowest BCUT2D eigenvalue weighted by Crippen LogP contribution is -2.41. The van der Waals surface area contributed by atoms with E-state index in [2.05, 4.69) is 14.9 Å². The fraction of sp³-hybridized carbons (Fsp3) is 0.688. The van der Waals surface area contributed by atoms with E-state index in [0.717, 1.165) is 70.0 Å². The van der Waals surface area contributed by atoms with Gasteiger partial charge in [0, 0.05) is 51.7 Å². The number of aryl methyl sites for hydroxylation is 1. The van der Waals surface area contributed by atoms with Crippen molar-refractivity contribution in [3.63, 3.8) is 0 Å². The monoisotopic (exact) mass is 304 g/mol. The van der Waals surface area contributed by atoms with Crippen LogP contribution in [0, 0.1) is 6.92 Å². The van der Waals surface area contributed by atoms with E-state index < -0.39 is 0 Å². The molecule has 1 aromatic rings. The number of ether oxygens (including phenoxy) is 1. The normalized spacial score (nSPS) is 23.5. The lowest BCUT2D eigenvalue weighted by Gasteiger charge is -2.24. The van der Waals surface area contributed by atoms with Crippen molar-refractivity contribution >= 4 is 5.91 Å². The average molecular weight is 304 g/mol. The summed E-state index contributed by atoms with van der Waals surface area (Å²) in [6, 6.07) is 0. The van der Waals surface area contributed by atoms with Gasteiger partial charge in [0.2, 0.25) is 0 Å². The zero-order valence-corrected chi connectivity index (χ0v) is 13.2. The topological polar surface area (TPSA) is 58.6 Å². The summed E-state index contributed by atoms with van der Waals surface area (Å²) in [5.74, 6) is 0.175. The van der Waals surface area contributed by atoms with Crippen molar-refractivity contribution in [2.75, 3.05) is 32.8 Å². The van der Waals surface area contributed by atoms with Crippen molar-refractivity contribution < 1.29 is 9.53 Å². The number of carbonyl (C=O) groups excluding carboxylic acids is 1. The van der Waals surface area contributed by atoms with Gasteiger partial charge in [0.15, 0.2) is 0 Å². The first kappa shape index (κ1) is 15.4. The lowest BCUT2D eigenvalue weighted by molar-refractivity contribution is -0.140. The summed E-state index contributed by atoms with van der Waals surface area (Å²) in [5, 5.41) is 0. The Kier molecular flexibility index (Phi) is 5.00. The van der Waals surface area contributed by atoms with Crippen LogP contribution in [-0.2, 0) is 16.1 Å². The van der Waals surface area contributed by atoms with Crippen molar-refractivity contribution in [3.8, 4) is 0 Å². The van der Waals surface area contributed by atoms with Crippen LogP contribution in [0.5, 0.6) is 0 Å². The van der Waals surface area contributed by atoms with Crippen LogP contribution < -0.4 is 0 Å². The van der Waals surface area contributed by atoms with E-state index >= 15 is 0 Å². The second-order valence-electron chi connectivity index (χ2n) is 6.11. The first-order valence-electron chi connectivity index (χ1n) is 8.12. The average Bonchev–Trinajstić information content (AvgIpc) is 2.96. The van der Waals surface area contributed by atoms with Gasteiger partial charge in [-0.3, -0.25) is 19.7 Å². The SMILES string of the molecule is Cc1cnc(CN2CCCN(C(=O)[C@H]3CCCO3)CC2)cn1. The van der Waals surface area contributed by atoms with Crippen LogP contribution in [0.25, 0.3) is 0 Å². The highest BCUT2D eigenvalue weighted by molar-refractivity contribution is 5.81. The second kappa shape index (κ2) is 7.15. The molecule has 2 aliphatic heterocycles. The van der Waals surface area contributed by atoms with Crippen LogP contribution in [0.3, 0.4) is 0 Å². The summed E-state index contributed by atoms with van der Waals surface area (Å²) < 4.78 is 5.52. The predicted molar refractivity (Wildman–Crippen MR) is 82.2 cm³/mol. The summed E-state index contributed by atoms with van der Waals surface area (Å²) in [4.78, 5) is 25.4. The number of hydrogen-bond donors (Lipinski definition) is 0. The standard InChI is InChI=1S/C16H24N4O2/c1-13-10-18-14(11-17-13)12-19-5-3-6-20(8-7-19)16(21)15-4-2-9-22-15/h10-11,15H,2-9,12H2,1H3/t15-/m1/s1. The van der Waals surface area contributed by atoms with Crippen LogP contribution >= 0.6 is 0 Å². The number of amides is 1. The fourth-order valence-electron chi connectivity index (χ4n) is 3.06. The zero-order valence-electron chi connectivity index (χ0n) is 13.2. The van der Waals surface area contributed by atoms with E-state index in [1.807, 2.05) is 18.0 Å². The van der Waals surface area contributed by atoms with E-state index in [-0.39, 0.29) is 12.0 Å². The van der Waals surface area contributed by atoms with E-state index in [1.54, 1.807) is 6.20 Å². The molecule has 0 aliphatic carbocycles. The van der Waals surface area contributed by atoms with Crippen molar-refractivity contribution in [1.82, 2.24) is 19.8 Å². The smallest absolute Gasteiger partial charge is 0.251 e. The first-order valence-corrected chi connectivity index (χ1v) is 8.12. The second-order valence-corrected chi connectivity index (χ2v) is 6.11. The van der Waals surface area contributed by atoms with Gasteiger partial charge in [0.1, 0.15) is 6.10 Å². The van der Waals surface area contributed by atoms with Crippen molar-refractivity contribution in [2.24, 2.45) is 0 Å². The zero-order chi connectivity index (χ0) is 15.4. The number of carbonyl (C=O) groups is 1. The Bertz CT molecular complexity index is 499. The highest BCUT2D eigenvalue weighted by Crippen LogP contribution is 2.16. The quantitative estimate of drug-likeness (QED) is 0.834. The third-order valence-corrected chi connectivity index (χ3v) is 4.33. The molecule has 0 spiro atoms. The molecule has 6 nitrogen and oxygen atoms in total. The van der Waals surface area contributed by atoms with Crippen molar-refractivity contribution in [1.29, 1.82) is 0 Å². The Morgan fingerprint density at radius 3 is 2.86 bits per heavy atom. The fourth-order valence-corrected chi connectivity index (χ4v) is 3.06. The molecule has 0 saturated carbocycles. The molecule has 3 heterocycles. The minimum atomic E-state index is -0.200. The van der Waals surface area contributed by atoms with E-state index in [9.17, 15) is 4.79 Å². The molecular weight excluding hydrogens is 280 g/mol. The van der Waals surface area contributed by atoms with Crippen LogP contribution in [0.1, 0.15) is 30.7 Å². The summed E-state index contributed by atoms with van der Waals surface area (Å²) in [5.41, 5.74) is 1.93. The number of aromatic nitrogens is 2. The molecule has 0 aromatic carbocycles.